The molecule has 0 spiro atoms. The molecule has 6 heteroatoms. The van der Waals surface area contributed by atoms with Gasteiger partial charge in [0.25, 0.3) is 0 Å². The van der Waals surface area contributed by atoms with E-state index in [-0.39, 0.29) is 11.6 Å². The van der Waals surface area contributed by atoms with Crippen molar-refractivity contribution in [1.29, 1.82) is 0 Å². The Bertz CT molecular complexity index is 797. The minimum Gasteiger partial charge on any atom is -0.497 e. The van der Waals surface area contributed by atoms with Gasteiger partial charge in [-0.15, -0.1) is 0 Å². The van der Waals surface area contributed by atoms with Crippen LogP contribution >= 0.6 is 0 Å². The first kappa shape index (κ1) is 14.8. The minimum atomic E-state index is -0.505. The third kappa shape index (κ3) is 3.06. The summed E-state index contributed by atoms with van der Waals surface area (Å²) in [5.74, 6) is 1.00. The van der Waals surface area contributed by atoms with Gasteiger partial charge in [-0.1, -0.05) is 0 Å². The summed E-state index contributed by atoms with van der Waals surface area (Å²) in [6.45, 7) is 0. The van der Waals surface area contributed by atoms with Crippen molar-refractivity contribution in [3.8, 4) is 11.5 Å². The topological polar surface area (TPSA) is 70.0 Å². The highest BCUT2D eigenvalue weighted by Crippen LogP contribution is 2.28. The summed E-state index contributed by atoms with van der Waals surface area (Å²) < 4.78 is 15.7. The molecule has 6 nitrogen and oxygen atoms in total. The van der Waals surface area contributed by atoms with Crippen molar-refractivity contribution in [2.24, 2.45) is 4.99 Å². The van der Waals surface area contributed by atoms with Crippen molar-refractivity contribution in [2.45, 2.75) is 0 Å². The van der Waals surface area contributed by atoms with Crippen LogP contribution in [0.2, 0.25) is 0 Å². The molecule has 0 saturated heterocycles. The third-order valence-corrected chi connectivity index (χ3v) is 3.28. The molecular formula is C17H14N2O4. The van der Waals surface area contributed by atoms with Crippen LogP contribution in [0, 0.1) is 0 Å². The molecule has 2 aromatic rings. The number of aromatic nitrogens is 1. The van der Waals surface area contributed by atoms with E-state index in [1.807, 2.05) is 0 Å². The number of carbonyl (C=O) groups excluding carboxylic acids is 1. The molecule has 0 saturated carbocycles. The lowest BCUT2D eigenvalue weighted by Crippen LogP contribution is -2.05. The van der Waals surface area contributed by atoms with Gasteiger partial charge in [-0.3, -0.25) is 4.98 Å². The molecule has 1 aliphatic rings. The van der Waals surface area contributed by atoms with Crippen LogP contribution in [0.15, 0.2) is 53.4 Å². The zero-order valence-corrected chi connectivity index (χ0v) is 12.6. The number of aliphatic imine (C=N–C) groups is 1. The molecule has 0 bridgehead atoms. The van der Waals surface area contributed by atoms with Crippen LogP contribution in [0.3, 0.4) is 0 Å². The minimum absolute atomic E-state index is 0.209. The largest absolute Gasteiger partial charge is 0.497 e. The first-order chi connectivity index (χ1) is 11.2. The van der Waals surface area contributed by atoms with Crippen LogP contribution in [-0.4, -0.2) is 31.1 Å². The van der Waals surface area contributed by atoms with Crippen LogP contribution in [0.25, 0.3) is 6.08 Å². The molecule has 116 valence electrons. The van der Waals surface area contributed by atoms with E-state index in [1.54, 1.807) is 63.0 Å². The van der Waals surface area contributed by atoms with E-state index in [9.17, 15) is 4.79 Å². The van der Waals surface area contributed by atoms with Crippen LogP contribution in [0.5, 0.6) is 11.5 Å². The van der Waals surface area contributed by atoms with E-state index >= 15 is 0 Å². The molecule has 2 heterocycles. The van der Waals surface area contributed by atoms with Gasteiger partial charge in [0, 0.05) is 29.6 Å². The molecule has 0 N–H and O–H groups in total. The lowest BCUT2D eigenvalue weighted by atomic mass is 10.1. The number of nitrogens with zero attached hydrogens (tertiary/aromatic N) is 2. The fourth-order valence-corrected chi connectivity index (χ4v) is 2.11. The van der Waals surface area contributed by atoms with Gasteiger partial charge in [0.2, 0.25) is 5.90 Å². The number of benzene rings is 1. The number of esters is 1. The van der Waals surface area contributed by atoms with E-state index < -0.39 is 5.97 Å². The number of hydrogen-bond donors (Lipinski definition) is 0. The Hall–Kier alpha value is -3.15. The fraction of sp³-hybridized carbons (Fsp3) is 0.118. The van der Waals surface area contributed by atoms with Crippen molar-refractivity contribution >= 4 is 17.9 Å². The maximum atomic E-state index is 12.0. The lowest BCUT2D eigenvalue weighted by molar-refractivity contribution is -0.129. The summed E-state index contributed by atoms with van der Waals surface area (Å²) in [4.78, 5) is 20.2. The molecule has 0 unspecified atom stereocenters. The molecule has 0 aliphatic carbocycles. The van der Waals surface area contributed by atoms with Crippen molar-refractivity contribution in [1.82, 2.24) is 4.98 Å². The maximum absolute atomic E-state index is 12.0. The Morgan fingerprint density at radius 2 is 1.87 bits per heavy atom. The lowest BCUT2D eigenvalue weighted by Gasteiger charge is -2.07. The summed E-state index contributed by atoms with van der Waals surface area (Å²) in [7, 11) is 3.13. The molecule has 0 fully saturated rings. The Morgan fingerprint density at radius 3 is 2.57 bits per heavy atom. The number of pyridine rings is 1. The van der Waals surface area contributed by atoms with Gasteiger partial charge in [0.15, 0.2) is 5.70 Å². The predicted molar refractivity (Wildman–Crippen MR) is 84.4 cm³/mol. The second kappa shape index (κ2) is 6.31. The van der Waals surface area contributed by atoms with Gasteiger partial charge in [0.1, 0.15) is 11.5 Å². The summed E-state index contributed by atoms with van der Waals surface area (Å²) in [5, 5.41) is 0. The molecule has 3 rings (SSSR count). The first-order valence-electron chi connectivity index (χ1n) is 6.86. The quantitative estimate of drug-likeness (QED) is 0.641. The second-order valence-electron chi connectivity index (χ2n) is 4.68. The van der Waals surface area contributed by atoms with Crippen molar-refractivity contribution in [3.05, 3.63) is 59.5 Å². The SMILES string of the molecule is COc1ccc(/C=C2/N=C(c3ccncc3)OC2=O)c(OC)c1. The Morgan fingerprint density at radius 1 is 1.09 bits per heavy atom. The number of carbonyl (C=O) groups is 1. The van der Waals surface area contributed by atoms with Gasteiger partial charge in [-0.2, -0.15) is 0 Å². The summed E-state index contributed by atoms with van der Waals surface area (Å²) in [6, 6.07) is 8.76. The molecule has 0 amide bonds. The van der Waals surface area contributed by atoms with Crippen molar-refractivity contribution in [2.75, 3.05) is 14.2 Å². The predicted octanol–water partition coefficient (Wildman–Crippen LogP) is 2.44. The molecule has 0 atom stereocenters. The average molecular weight is 310 g/mol. The Kier molecular flexibility index (Phi) is 4.05. The number of ether oxygens (including phenoxy) is 3. The van der Waals surface area contributed by atoms with Crippen molar-refractivity contribution < 1.29 is 19.0 Å². The Labute approximate surface area is 133 Å². The average Bonchev–Trinajstić information content (AvgIpc) is 2.97. The van der Waals surface area contributed by atoms with Crippen molar-refractivity contribution in [3.63, 3.8) is 0 Å². The fourth-order valence-electron chi connectivity index (χ4n) is 2.11. The van der Waals surface area contributed by atoms with Crippen LogP contribution < -0.4 is 9.47 Å². The third-order valence-electron chi connectivity index (χ3n) is 3.28. The first-order valence-corrected chi connectivity index (χ1v) is 6.86. The van der Waals surface area contributed by atoms with Crippen LogP contribution in [0.4, 0.5) is 0 Å². The van der Waals surface area contributed by atoms with Gasteiger partial charge < -0.3 is 14.2 Å². The standard InChI is InChI=1S/C17H14N2O4/c1-21-13-4-3-12(15(10-13)22-2)9-14-17(20)23-16(19-14)11-5-7-18-8-6-11/h3-10H,1-2H3/b14-9+. The highest BCUT2D eigenvalue weighted by atomic mass is 16.6. The molecule has 23 heavy (non-hydrogen) atoms. The zero-order chi connectivity index (χ0) is 16.2. The molecule has 1 aromatic carbocycles. The van der Waals surface area contributed by atoms with Gasteiger partial charge in [-0.25, -0.2) is 9.79 Å². The van der Waals surface area contributed by atoms with E-state index in [2.05, 4.69) is 9.98 Å². The number of cyclic esters (lactones) is 1. The highest BCUT2D eigenvalue weighted by Gasteiger charge is 2.24. The smallest absolute Gasteiger partial charge is 0.363 e. The second-order valence-corrected chi connectivity index (χ2v) is 4.68. The normalized spacial score (nSPS) is 15.3. The van der Waals surface area contributed by atoms with Gasteiger partial charge >= 0.3 is 5.97 Å². The van der Waals surface area contributed by atoms with Gasteiger partial charge in [-0.05, 0) is 30.3 Å². The monoisotopic (exact) mass is 310 g/mol. The summed E-state index contributed by atoms with van der Waals surface area (Å²) in [6.07, 6.45) is 4.84. The maximum Gasteiger partial charge on any atom is 0.363 e. The molecule has 1 aliphatic heterocycles. The van der Waals surface area contributed by atoms with Gasteiger partial charge in [0.05, 0.1) is 14.2 Å². The van der Waals surface area contributed by atoms with Crippen LogP contribution in [-0.2, 0) is 9.53 Å². The zero-order valence-electron chi connectivity index (χ0n) is 12.6. The van der Waals surface area contributed by atoms with E-state index in [4.69, 9.17) is 14.2 Å². The molecule has 0 radical (unpaired) electrons. The molecule has 1 aromatic heterocycles. The number of methoxy groups -OCH3 is 2. The van der Waals surface area contributed by atoms with Crippen LogP contribution in [0.1, 0.15) is 11.1 Å². The number of hydrogen-bond acceptors (Lipinski definition) is 6. The molecular weight excluding hydrogens is 296 g/mol. The summed E-state index contributed by atoms with van der Waals surface area (Å²) in [5.41, 5.74) is 1.61. The summed E-state index contributed by atoms with van der Waals surface area (Å²) >= 11 is 0. The van der Waals surface area contributed by atoms with E-state index in [1.165, 1.54) is 0 Å². The Balaban J connectivity index is 1.96. The highest BCUT2D eigenvalue weighted by molar-refractivity contribution is 6.12. The van der Waals surface area contributed by atoms with E-state index in [0.29, 0.717) is 22.6 Å². The van der Waals surface area contributed by atoms with E-state index in [0.717, 1.165) is 0 Å². The number of rotatable bonds is 4.